The van der Waals surface area contributed by atoms with Gasteiger partial charge in [-0.2, -0.15) is 0 Å². The third kappa shape index (κ3) is 3.83. The molecule has 2 nitrogen and oxygen atoms in total. The van der Waals surface area contributed by atoms with E-state index in [1.165, 1.54) is 0 Å². The Morgan fingerprint density at radius 2 is 1.27 bits per heavy atom. The highest BCUT2D eigenvalue weighted by Gasteiger charge is 2.17. The second-order valence-corrected chi connectivity index (χ2v) is 9.80. The number of aryl methyl sites for hydroxylation is 1. The van der Waals surface area contributed by atoms with Crippen LogP contribution in [0.2, 0.25) is 0 Å². The minimum Gasteiger partial charge on any atom is -0.342 e. The van der Waals surface area contributed by atoms with Gasteiger partial charge in [-0.15, -0.1) is 0 Å². The summed E-state index contributed by atoms with van der Waals surface area (Å²) >= 11 is 0. The van der Waals surface area contributed by atoms with Gasteiger partial charge in [-0.3, -0.25) is 0 Å². The molecule has 8 rings (SSSR count). The van der Waals surface area contributed by atoms with Crippen molar-refractivity contribution in [2.75, 3.05) is 0 Å². The van der Waals surface area contributed by atoms with E-state index >= 15 is 0 Å². The number of hydrogen-bond donors (Lipinski definition) is 1. The molecule has 0 aliphatic rings. The van der Waals surface area contributed by atoms with Crippen LogP contribution >= 0.6 is 0 Å². The van der Waals surface area contributed by atoms with Gasteiger partial charge >= 0.3 is 0 Å². The maximum atomic E-state index is 9.15. The van der Waals surface area contributed by atoms with Crippen LogP contribution in [0.15, 0.2) is 133 Å². The maximum absolute atomic E-state index is 9.15. The SMILES string of the molecule is [2H]c1c([2H])c([2H])c2c(-c3ccc4cc(-c5cccc6[nH]c(C([2H])([2H])C([2H])([2H])[2H])nc56)ccc4c3)c3c([2H])c([2H])c([2H])c([2H])c3c(-c3ccccc3)c2c1[2H]. The lowest BCUT2D eigenvalue weighted by atomic mass is 9.85. The third-order valence-electron chi connectivity index (χ3n) is 7.51. The Hall–Kier alpha value is -5.21. The van der Waals surface area contributed by atoms with E-state index in [4.69, 9.17) is 17.8 Å². The van der Waals surface area contributed by atoms with Crippen molar-refractivity contribution < 1.29 is 17.8 Å². The van der Waals surface area contributed by atoms with E-state index in [0.717, 1.165) is 16.3 Å². The van der Waals surface area contributed by atoms with Gasteiger partial charge in [0.05, 0.1) is 22.0 Å². The number of fused-ring (bicyclic) bond motifs is 4. The molecule has 0 amide bonds. The highest BCUT2D eigenvalue weighted by Crippen LogP contribution is 2.44. The topological polar surface area (TPSA) is 28.7 Å². The molecule has 7 aromatic carbocycles. The summed E-state index contributed by atoms with van der Waals surface area (Å²) in [7, 11) is 0. The molecule has 0 atom stereocenters. The monoisotopic (exact) mass is 537 g/mol. The smallest absolute Gasteiger partial charge is 0.106 e. The summed E-state index contributed by atoms with van der Waals surface area (Å²) in [6, 6.07) is 21.8. The molecule has 1 N–H and O–H groups in total. The van der Waals surface area contributed by atoms with Gasteiger partial charge in [0.25, 0.3) is 0 Å². The van der Waals surface area contributed by atoms with Gasteiger partial charge < -0.3 is 4.98 Å². The molecule has 194 valence electrons. The van der Waals surface area contributed by atoms with Gasteiger partial charge in [-0.05, 0) is 78.3 Å². The number of hydrogen-bond acceptors (Lipinski definition) is 1. The summed E-state index contributed by atoms with van der Waals surface area (Å²) in [6.45, 7) is -2.94. The number of aromatic amines is 1. The van der Waals surface area contributed by atoms with Crippen LogP contribution in [-0.4, -0.2) is 9.97 Å². The third-order valence-corrected chi connectivity index (χ3v) is 7.51. The molecular formula is C39H28N2. The number of nitrogens with one attached hydrogen (secondary N) is 1. The fourth-order valence-electron chi connectivity index (χ4n) is 5.70. The molecule has 1 aromatic heterocycles. The average molecular weight is 538 g/mol. The normalized spacial score (nSPS) is 16.8. The standard InChI is InChI=1S/C39H28N2/c1-2-36-40-35-18-10-17-30(39(35)41-36)28-21-19-27-24-29(22-20-26(27)23-28)38-33-15-8-6-13-31(33)37(25-11-4-3-5-12-25)32-14-7-9-16-34(32)38/h3-24H,2H2,1H3,(H,40,41)/i1D3,2D2,6D,7D,8D,9D,13D,14D,15D,16D. The van der Waals surface area contributed by atoms with Crippen LogP contribution in [0, 0.1) is 0 Å². The Morgan fingerprint density at radius 1 is 0.659 bits per heavy atom. The second-order valence-electron chi connectivity index (χ2n) is 9.80. The van der Waals surface area contributed by atoms with Crippen molar-refractivity contribution in [2.45, 2.75) is 13.2 Å². The molecule has 8 aromatic rings. The first-order chi connectivity index (χ1) is 25.5. The zero-order valence-electron chi connectivity index (χ0n) is 34.5. The molecule has 0 saturated heterocycles. The van der Waals surface area contributed by atoms with E-state index in [9.17, 15) is 0 Å². The van der Waals surface area contributed by atoms with Crippen molar-refractivity contribution in [3.8, 4) is 33.4 Å². The first-order valence-electron chi connectivity index (χ1n) is 19.6. The van der Waals surface area contributed by atoms with Crippen LogP contribution in [0.1, 0.15) is 30.5 Å². The molecule has 0 saturated carbocycles. The first kappa shape index (κ1) is 13.9. The summed E-state index contributed by atoms with van der Waals surface area (Å²) in [5, 5.41) is 2.03. The predicted molar refractivity (Wildman–Crippen MR) is 174 cm³/mol. The fourth-order valence-corrected chi connectivity index (χ4v) is 5.70. The molecule has 2 heteroatoms. The van der Waals surface area contributed by atoms with Crippen LogP contribution in [0.5, 0.6) is 0 Å². The number of H-pyrrole nitrogens is 1. The lowest BCUT2D eigenvalue weighted by Gasteiger charge is -2.18. The van der Waals surface area contributed by atoms with E-state index in [0.29, 0.717) is 27.7 Å². The number of aromatic nitrogens is 2. The van der Waals surface area contributed by atoms with E-state index < -0.39 is 37.4 Å². The summed E-state index contributed by atoms with van der Waals surface area (Å²) in [5.74, 6) is -0.302. The van der Waals surface area contributed by atoms with Crippen molar-refractivity contribution in [3.63, 3.8) is 0 Å². The number of rotatable bonds is 4. The van der Waals surface area contributed by atoms with Crippen LogP contribution in [0.25, 0.3) is 76.7 Å². The maximum Gasteiger partial charge on any atom is 0.106 e. The molecule has 0 aliphatic carbocycles. The van der Waals surface area contributed by atoms with Gasteiger partial charge in [-0.1, -0.05) is 122 Å². The molecule has 0 aliphatic heterocycles. The van der Waals surface area contributed by atoms with Crippen LogP contribution in [0.4, 0.5) is 0 Å². The van der Waals surface area contributed by atoms with Gasteiger partial charge in [0.1, 0.15) is 5.82 Å². The van der Waals surface area contributed by atoms with E-state index in [-0.39, 0.29) is 62.7 Å². The lowest BCUT2D eigenvalue weighted by molar-refractivity contribution is 1.00. The van der Waals surface area contributed by atoms with Crippen molar-refractivity contribution in [1.29, 1.82) is 0 Å². The number of imidazole rings is 1. The molecule has 0 fully saturated rings. The summed E-state index contributed by atoms with van der Waals surface area (Å²) in [5.41, 5.74) is 3.79. The minimum absolute atomic E-state index is 0.131. The summed E-state index contributed by atoms with van der Waals surface area (Å²) in [4.78, 5) is 7.23. The quantitative estimate of drug-likeness (QED) is 0.222. The molecule has 0 radical (unpaired) electrons. The zero-order valence-corrected chi connectivity index (χ0v) is 21.5. The number of para-hydroxylation sites is 1. The Morgan fingerprint density at radius 3 is 1.93 bits per heavy atom. The Kier molecular flexibility index (Phi) is 3.21. The van der Waals surface area contributed by atoms with E-state index in [1.54, 1.807) is 54.6 Å². The molecule has 41 heavy (non-hydrogen) atoms. The fraction of sp³-hybridized carbons (Fsp3) is 0.0513. The van der Waals surface area contributed by atoms with Crippen molar-refractivity contribution in [3.05, 3.63) is 139 Å². The minimum atomic E-state index is -2.94. The Bertz CT molecular complexity index is 2800. The van der Waals surface area contributed by atoms with Crippen molar-refractivity contribution >= 4 is 43.4 Å². The number of benzene rings is 7. The molecule has 0 bridgehead atoms. The van der Waals surface area contributed by atoms with Crippen LogP contribution in [0.3, 0.4) is 0 Å². The van der Waals surface area contributed by atoms with E-state index in [1.807, 2.05) is 30.3 Å². The highest BCUT2D eigenvalue weighted by molar-refractivity contribution is 6.21. The van der Waals surface area contributed by atoms with E-state index in [2.05, 4.69) is 9.97 Å². The molecule has 0 unspecified atom stereocenters. The Balaban J connectivity index is 1.41. The van der Waals surface area contributed by atoms with Crippen molar-refractivity contribution in [2.24, 2.45) is 0 Å². The lowest BCUT2D eigenvalue weighted by Crippen LogP contribution is -1.91. The summed E-state index contributed by atoms with van der Waals surface area (Å²) in [6.07, 6.45) is -2.71. The Labute approximate surface area is 257 Å². The van der Waals surface area contributed by atoms with Crippen molar-refractivity contribution in [1.82, 2.24) is 9.97 Å². The molecular weight excluding hydrogens is 496 g/mol. The second kappa shape index (κ2) is 9.46. The van der Waals surface area contributed by atoms with Crippen LogP contribution in [-0.2, 0) is 6.37 Å². The van der Waals surface area contributed by atoms with Crippen LogP contribution < -0.4 is 0 Å². The molecule has 1 heterocycles. The highest BCUT2D eigenvalue weighted by atomic mass is 14.9. The predicted octanol–water partition coefficient (Wildman–Crippen LogP) is 10.6. The van der Waals surface area contributed by atoms with Gasteiger partial charge in [0.15, 0.2) is 0 Å². The average Bonchev–Trinajstić information content (AvgIpc) is 3.62. The number of nitrogens with zero attached hydrogens (tertiary/aromatic N) is 1. The molecule has 0 spiro atoms. The zero-order chi connectivity index (χ0) is 38.6. The first-order valence-corrected chi connectivity index (χ1v) is 13.1. The largest absolute Gasteiger partial charge is 0.342 e. The van der Waals surface area contributed by atoms with Gasteiger partial charge in [0, 0.05) is 18.8 Å². The van der Waals surface area contributed by atoms with Gasteiger partial charge in [-0.25, -0.2) is 4.98 Å². The van der Waals surface area contributed by atoms with Gasteiger partial charge in [0.2, 0.25) is 0 Å². The summed E-state index contributed by atoms with van der Waals surface area (Å²) < 4.78 is 110.